The van der Waals surface area contributed by atoms with Crippen LogP contribution < -0.4 is 0 Å². The second kappa shape index (κ2) is 82.2. The first-order valence-corrected chi connectivity index (χ1v) is 50.0. The highest BCUT2D eigenvalue weighted by Gasteiger charge is 2.31. The van der Waals surface area contributed by atoms with Gasteiger partial charge in [0.05, 0.1) is 26.4 Å². The van der Waals surface area contributed by atoms with Crippen molar-refractivity contribution in [1.82, 2.24) is 0 Å². The largest absolute Gasteiger partial charge is 0.472 e. The van der Waals surface area contributed by atoms with E-state index >= 15 is 0 Å². The van der Waals surface area contributed by atoms with E-state index in [1.807, 2.05) is 0 Å². The van der Waals surface area contributed by atoms with Crippen molar-refractivity contribution in [3.63, 3.8) is 0 Å². The van der Waals surface area contributed by atoms with E-state index < -0.39 is 97.5 Å². The summed E-state index contributed by atoms with van der Waals surface area (Å²) in [5, 5.41) is 10.7. The van der Waals surface area contributed by atoms with Crippen LogP contribution in [0.25, 0.3) is 0 Å². The molecule has 5 atom stereocenters. The van der Waals surface area contributed by atoms with E-state index in [0.717, 1.165) is 102 Å². The van der Waals surface area contributed by atoms with E-state index in [4.69, 9.17) is 37.0 Å². The molecule has 0 rings (SSSR count). The molecular formula is C91H178O17P2. The Morgan fingerprint density at radius 1 is 0.245 bits per heavy atom. The zero-order valence-corrected chi connectivity index (χ0v) is 74.4. The van der Waals surface area contributed by atoms with Crippen LogP contribution >= 0.6 is 15.6 Å². The maximum Gasteiger partial charge on any atom is 0.472 e. The fourth-order valence-corrected chi connectivity index (χ4v) is 15.9. The lowest BCUT2D eigenvalue weighted by atomic mass is 10.0. The summed E-state index contributed by atoms with van der Waals surface area (Å²) >= 11 is 0. The second-order valence-corrected chi connectivity index (χ2v) is 36.6. The number of phosphoric ester groups is 2. The molecule has 0 aliphatic heterocycles. The Balaban J connectivity index is 5.21. The molecular weight excluding hydrogens is 1430 g/mol. The SMILES string of the molecule is CCCCCCCCCCCCCCCCCCCCCCCC(=O)OC[C@H](COP(=O)(O)OC[C@@H](O)COP(=O)(O)OC[C@@H](COC(=O)CCCCCCCCCC(C)C)OC(=O)CCCCCCCCCCCCCCCCCCCC)OC(=O)CCCCCCCCCCCCCCCCCCCCC(C)C. The quantitative estimate of drug-likeness (QED) is 0.0222. The molecule has 0 radical (unpaired) electrons. The predicted octanol–water partition coefficient (Wildman–Crippen LogP) is 28.2. The number of phosphoric acid groups is 2. The Morgan fingerprint density at radius 2 is 0.418 bits per heavy atom. The Morgan fingerprint density at radius 3 is 0.618 bits per heavy atom. The van der Waals surface area contributed by atoms with Crippen molar-refractivity contribution >= 4 is 39.5 Å². The number of esters is 4. The Hall–Kier alpha value is -1.94. The van der Waals surface area contributed by atoms with Crippen LogP contribution in [-0.2, 0) is 65.4 Å². The molecule has 0 amide bonds. The normalized spacial score (nSPS) is 13.7. The molecule has 654 valence electrons. The minimum absolute atomic E-state index is 0.108. The zero-order valence-electron chi connectivity index (χ0n) is 72.6. The van der Waals surface area contributed by atoms with Gasteiger partial charge in [0.2, 0.25) is 0 Å². The van der Waals surface area contributed by atoms with E-state index in [-0.39, 0.29) is 25.7 Å². The van der Waals surface area contributed by atoms with Crippen LogP contribution in [0.5, 0.6) is 0 Å². The van der Waals surface area contributed by atoms with Crippen LogP contribution in [0.15, 0.2) is 0 Å². The Labute approximate surface area is 677 Å². The van der Waals surface area contributed by atoms with Gasteiger partial charge in [0.15, 0.2) is 12.2 Å². The molecule has 0 aliphatic rings. The standard InChI is InChI=1S/C91H178O17P2/c1-7-9-11-13-15-17-19-21-23-25-27-28-29-34-37-41-45-49-55-61-67-73-88(93)101-79-86(107-90(95)75-69-64-57-51-47-43-39-35-31-30-32-36-40-44-48-53-59-65-71-83(3)4)81-105-109(97,98)103-77-85(92)78-104-110(99,100)106-82-87(80-102-89(94)74-68-62-58-52-54-60-66-72-84(5)6)108-91(96)76-70-63-56-50-46-42-38-33-26-24-22-20-18-16-14-12-10-8-2/h83-87,92H,7-82H2,1-6H3,(H,97,98)(H,99,100)/t85-,86-,87-/m1/s1. The fourth-order valence-electron chi connectivity index (χ4n) is 14.3. The smallest absolute Gasteiger partial charge is 0.462 e. The van der Waals surface area contributed by atoms with Gasteiger partial charge in [-0.05, 0) is 37.5 Å². The Bertz CT molecular complexity index is 2100. The van der Waals surface area contributed by atoms with E-state index in [2.05, 4.69) is 41.5 Å². The van der Waals surface area contributed by atoms with E-state index in [1.165, 1.54) is 302 Å². The number of rotatable bonds is 90. The third kappa shape index (κ3) is 84.0. The third-order valence-electron chi connectivity index (χ3n) is 21.5. The molecule has 0 saturated carbocycles. The van der Waals surface area contributed by atoms with Crippen LogP contribution in [-0.4, -0.2) is 96.7 Å². The maximum absolute atomic E-state index is 13.2. The number of unbranched alkanes of at least 4 members (excludes halogenated alkanes) is 60. The minimum Gasteiger partial charge on any atom is -0.462 e. The Kier molecular flexibility index (Phi) is 80.7. The van der Waals surface area contributed by atoms with Crippen molar-refractivity contribution < 1.29 is 80.2 Å². The lowest BCUT2D eigenvalue weighted by Gasteiger charge is -2.21. The molecule has 17 nitrogen and oxygen atoms in total. The first-order chi connectivity index (χ1) is 53.4. The molecule has 2 unspecified atom stereocenters. The topological polar surface area (TPSA) is 237 Å². The van der Waals surface area contributed by atoms with Gasteiger partial charge in [-0.15, -0.1) is 0 Å². The summed E-state index contributed by atoms with van der Waals surface area (Å²) in [7, 11) is -9.93. The van der Waals surface area contributed by atoms with Gasteiger partial charge in [0, 0.05) is 25.7 Å². The van der Waals surface area contributed by atoms with Gasteiger partial charge in [-0.1, -0.05) is 440 Å². The summed E-state index contributed by atoms with van der Waals surface area (Å²) in [6.07, 6.45) is 76.7. The summed E-state index contributed by atoms with van der Waals surface area (Å²) in [5.41, 5.74) is 0. The van der Waals surface area contributed by atoms with Crippen LogP contribution in [0, 0.1) is 11.8 Å². The highest BCUT2D eigenvalue weighted by molar-refractivity contribution is 7.47. The van der Waals surface area contributed by atoms with Crippen molar-refractivity contribution in [3.05, 3.63) is 0 Å². The van der Waals surface area contributed by atoms with Crippen LogP contribution in [0.4, 0.5) is 0 Å². The second-order valence-electron chi connectivity index (χ2n) is 33.6. The first-order valence-electron chi connectivity index (χ1n) is 47.0. The third-order valence-corrected chi connectivity index (χ3v) is 23.4. The molecule has 0 aromatic heterocycles. The first kappa shape index (κ1) is 108. The highest BCUT2D eigenvalue weighted by atomic mass is 31.2. The summed E-state index contributed by atoms with van der Waals surface area (Å²) in [4.78, 5) is 73.4. The van der Waals surface area contributed by atoms with Crippen molar-refractivity contribution in [2.45, 2.75) is 509 Å². The molecule has 0 saturated heterocycles. The average Bonchev–Trinajstić information content (AvgIpc) is 0.899. The van der Waals surface area contributed by atoms with Crippen molar-refractivity contribution in [3.8, 4) is 0 Å². The van der Waals surface area contributed by atoms with Gasteiger partial charge in [0.1, 0.15) is 19.3 Å². The molecule has 0 aromatic rings. The van der Waals surface area contributed by atoms with Gasteiger partial charge in [-0.25, -0.2) is 9.13 Å². The number of hydrogen-bond acceptors (Lipinski definition) is 15. The number of hydrogen-bond donors (Lipinski definition) is 3. The number of ether oxygens (including phenoxy) is 4. The summed E-state index contributed by atoms with van der Waals surface area (Å²) in [6.45, 7) is 9.68. The lowest BCUT2D eigenvalue weighted by molar-refractivity contribution is -0.161. The predicted molar refractivity (Wildman–Crippen MR) is 455 cm³/mol. The fraction of sp³-hybridized carbons (Fsp3) is 0.956. The summed E-state index contributed by atoms with van der Waals surface area (Å²) in [6, 6.07) is 0. The van der Waals surface area contributed by atoms with Crippen molar-refractivity contribution in [2.75, 3.05) is 39.6 Å². The van der Waals surface area contributed by atoms with Gasteiger partial charge >= 0.3 is 39.5 Å². The molecule has 19 heteroatoms. The average molecular weight is 1610 g/mol. The molecule has 0 heterocycles. The molecule has 0 spiro atoms. The maximum atomic E-state index is 13.2. The number of aliphatic hydroxyl groups is 1. The number of carbonyl (C=O) groups excluding carboxylic acids is 4. The number of aliphatic hydroxyl groups excluding tert-OH is 1. The van der Waals surface area contributed by atoms with Crippen molar-refractivity contribution in [2.24, 2.45) is 11.8 Å². The molecule has 0 aromatic carbocycles. The van der Waals surface area contributed by atoms with Crippen LogP contribution in [0.1, 0.15) is 491 Å². The van der Waals surface area contributed by atoms with E-state index in [9.17, 15) is 43.2 Å². The van der Waals surface area contributed by atoms with Gasteiger partial charge in [-0.2, -0.15) is 0 Å². The van der Waals surface area contributed by atoms with Gasteiger partial charge in [-0.3, -0.25) is 37.3 Å². The number of carbonyl (C=O) groups is 4. The van der Waals surface area contributed by atoms with Crippen LogP contribution in [0.3, 0.4) is 0 Å². The summed E-state index contributed by atoms with van der Waals surface area (Å²) in [5.74, 6) is -0.573. The molecule has 0 fully saturated rings. The minimum atomic E-state index is -4.97. The molecule has 110 heavy (non-hydrogen) atoms. The highest BCUT2D eigenvalue weighted by Crippen LogP contribution is 2.45. The molecule has 3 N–H and O–H groups in total. The van der Waals surface area contributed by atoms with Crippen molar-refractivity contribution in [1.29, 1.82) is 0 Å². The van der Waals surface area contributed by atoms with Crippen LogP contribution in [0.2, 0.25) is 0 Å². The lowest BCUT2D eigenvalue weighted by Crippen LogP contribution is -2.30. The molecule has 0 bridgehead atoms. The summed E-state index contributed by atoms with van der Waals surface area (Å²) < 4.78 is 69.0. The van der Waals surface area contributed by atoms with E-state index in [1.54, 1.807) is 0 Å². The zero-order chi connectivity index (χ0) is 80.6. The van der Waals surface area contributed by atoms with Gasteiger partial charge in [0.25, 0.3) is 0 Å². The van der Waals surface area contributed by atoms with Gasteiger partial charge < -0.3 is 33.8 Å². The monoisotopic (exact) mass is 1610 g/mol. The van der Waals surface area contributed by atoms with E-state index in [0.29, 0.717) is 31.6 Å². The molecule has 0 aliphatic carbocycles.